The van der Waals surface area contributed by atoms with Gasteiger partial charge in [-0.1, -0.05) is 30.3 Å². The summed E-state index contributed by atoms with van der Waals surface area (Å²) in [6.45, 7) is 0. The van der Waals surface area contributed by atoms with Crippen molar-refractivity contribution in [2.75, 3.05) is 0 Å². The van der Waals surface area contributed by atoms with E-state index in [0.717, 1.165) is 12.8 Å². The lowest BCUT2D eigenvalue weighted by atomic mass is 9.72. The molecule has 1 aromatic carbocycles. The lowest BCUT2D eigenvalue weighted by Crippen LogP contribution is -2.19. The molecule has 0 atom stereocenters. The summed E-state index contributed by atoms with van der Waals surface area (Å²) in [4.78, 5) is 0. The Balaban J connectivity index is 2.03. The highest BCUT2D eigenvalue weighted by Gasteiger charge is 2.29. The zero-order valence-corrected chi connectivity index (χ0v) is 6.90. The van der Waals surface area contributed by atoms with Gasteiger partial charge in [0.1, 0.15) is 0 Å². The third-order valence-corrected chi connectivity index (χ3v) is 2.59. The van der Waals surface area contributed by atoms with E-state index in [2.05, 4.69) is 30.3 Å². The zero-order chi connectivity index (χ0) is 8.39. The van der Waals surface area contributed by atoms with E-state index in [0.29, 0.717) is 11.8 Å². The Morgan fingerprint density at radius 1 is 1.17 bits per heavy atom. The molecule has 0 aromatic heterocycles. The van der Waals surface area contributed by atoms with Gasteiger partial charge in [0.25, 0.3) is 0 Å². The van der Waals surface area contributed by atoms with Crippen molar-refractivity contribution in [2.24, 2.45) is 5.92 Å². The molecule has 0 heterocycles. The van der Waals surface area contributed by atoms with Crippen LogP contribution in [-0.4, -0.2) is 0 Å². The molecule has 1 fully saturated rings. The van der Waals surface area contributed by atoms with Crippen molar-refractivity contribution in [3.05, 3.63) is 35.9 Å². The molecule has 2 rings (SSSR count). The maximum atomic E-state index is 8.60. The second-order valence-corrected chi connectivity index (χ2v) is 3.41. The van der Waals surface area contributed by atoms with Crippen LogP contribution in [-0.2, 0) is 0 Å². The summed E-state index contributed by atoms with van der Waals surface area (Å²) in [6.07, 6.45) is 2.11. The molecular weight excluding hydrogens is 146 g/mol. The molecule has 1 aliphatic rings. The van der Waals surface area contributed by atoms with Crippen LogP contribution in [0.1, 0.15) is 24.3 Å². The largest absolute Gasteiger partial charge is 0.198 e. The van der Waals surface area contributed by atoms with E-state index in [1.165, 1.54) is 5.56 Å². The van der Waals surface area contributed by atoms with Gasteiger partial charge in [-0.15, -0.1) is 0 Å². The minimum atomic E-state index is 0.315. The summed E-state index contributed by atoms with van der Waals surface area (Å²) in [5, 5.41) is 8.60. The lowest BCUT2D eigenvalue weighted by Gasteiger charge is -2.30. The lowest BCUT2D eigenvalue weighted by molar-refractivity contribution is 0.331. The van der Waals surface area contributed by atoms with Crippen molar-refractivity contribution in [3.8, 4) is 6.07 Å². The standard InChI is InChI=1S/C11H11N/c12-8-9-6-11(7-9)10-4-2-1-3-5-10/h1-5,9,11H,6-7H2. The van der Waals surface area contributed by atoms with E-state index < -0.39 is 0 Å². The van der Waals surface area contributed by atoms with Gasteiger partial charge in [-0.2, -0.15) is 5.26 Å². The highest BCUT2D eigenvalue weighted by atomic mass is 14.4. The summed E-state index contributed by atoms with van der Waals surface area (Å²) in [7, 11) is 0. The van der Waals surface area contributed by atoms with Crippen molar-refractivity contribution >= 4 is 0 Å². The van der Waals surface area contributed by atoms with Crippen LogP contribution in [0, 0.1) is 17.2 Å². The molecule has 0 bridgehead atoms. The van der Waals surface area contributed by atoms with Crippen LogP contribution in [0.15, 0.2) is 30.3 Å². The SMILES string of the molecule is N#CC1CC(c2ccccc2)C1. The van der Waals surface area contributed by atoms with E-state index in [1.54, 1.807) is 0 Å². The fourth-order valence-corrected chi connectivity index (χ4v) is 1.72. The van der Waals surface area contributed by atoms with E-state index >= 15 is 0 Å². The van der Waals surface area contributed by atoms with Crippen LogP contribution < -0.4 is 0 Å². The van der Waals surface area contributed by atoms with Crippen LogP contribution in [0.5, 0.6) is 0 Å². The number of nitriles is 1. The maximum Gasteiger partial charge on any atom is 0.0656 e. The van der Waals surface area contributed by atoms with Gasteiger partial charge in [0, 0.05) is 5.92 Å². The molecule has 0 radical (unpaired) electrons. The first-order valence-electron chi connectivity index (χ1n) is 4.34. The van der Waals surface area contributed by atoms with Gasteiger partial charge in [-0.25, -0.2) is 0 Å². The van der Waals surface area contributed by atoms with Crippen LogP contribution in [0.2, 0.25) is 0 Å². The number of benzene rings is 1. The molecular formula is C11H11N. The van der Waals surface area contributed by atoms with Gasteiger partial charge >= 0.3 is 0 Å². The highest BCUT2D eigenvalue weighted by molar-refractivity contribution is 5.23. The van der Waals surface area contributed by atoms with E-state index in [9.17, 15) is 0 Å². The third-order valence-electron chi connectivity index (χ3n) is 2.59. The average Bonchev–Trinajstić information content (AvgIpc) is 2.04. The minimum Gasteiger partial charge on any atom is -0.198 e. The smallest absolute Gasteiger partial charge is 0.0656 e. The predicted octanol–water partition coefficient (Wildman–Crippen LogP) is 2.70. The summed E-state index contributed by atoms with van der Waals surface area (Å²) in [5.41, 5.74) is 1.39. The topological polar surface area (TPSA) is 23.8 Å². The van der Waals surface area contributed by atoms with Gasteiger partial charge in [-0.3, -0.25) is 0 Å². The van der Waals surface area contributed by atoms with Crippen LogP contribution in [0.25, 0.3) is 0 Å². The number of hydrogen-bond acceptors (Lipinski definition) is 1. The Labute approximate surface area is 72.6 Å². The molecule has 1 aliphatic carbocycles. The summed E-state index contributed by atoms with van der Waals surface area (Å²) in [5.74, 6) is 0.964. The average molecular weight is 157 g/mol. The molecule has 1 nitrogen and oxygen atoms in total. The molecule has 0 N–H and O–H groups in total. The molecule has 1 saturated carbocycles. The van der Waals surface area contributed by atoms with Gasteiger partial charge in [0.15, 0.2) is 0 Å². The van der Waals surface area contributed by atoms with Crippen molar-refractivity contribution in [2.45, 2.75) is 18.8 Å². The first kappa shape index (κ1) is 7.36. The summed E-state index contributed by atoms with van der Waals surface area (Å²) >= 11 is 0. The number of hydrogen-bond donors (Lipinski definition) is 0. The van der Waals surface area contributed by atoms with Crippen LogP contribution >= 0.6 is 0 Å². The Kier molecular flexibility index (Phi) is 1.83. The summed E-state index contributed by atoms with van der Waals surface area (Å²) in [6, 6.07) is 12.8. The molecule has 0 aliphatic heterocycles. The quantitative estimate of drug-likeness (QED) is 0.614. The fraction of sp³-hybridized carbons (Fsp3) is 0.364. The Morgan fingerprint density at radius 3 is 2.42 bits per heavy atom. The van der Waals surface area contributed by atoms with Crippen molar-refractivity contribution in [3.63, 3.8) is 0 Å². The predicted molar refractivity (Wildman–Crippen MR) is 47.5 cm³/mol. The van der Waals surface area contributed by atoms with Crippen molar-refractivity contribution < 1.29 is 0 Å². The monoisotopic (exact) mass is 157 g/mol. The molecule has 0 unspecified atom stereocenters. The molecule has 0 spiro atoms. The first-order chi connectivity index (χ1) is 5.90. The molecule has 0 amide bonds. The van der Waals surface area contributed by atoms with Crippen molar-refractivity contribution in [1.29, 1.82) is 5.26 Å². The molecule has 1 heteroatoms. The van der Waals surface area contributed by atoms with Crippen molar-refractivity contribution in [1.82, 2.24) is 0 Å². The third kappa shape index (κ3) is 1.21. The normalized spacial score (nSPS) is 27.2. The maximum absolute atomic E-state index is 8.60. The molecule has 1 aromatic rings. The van der Waals surface area contributed by atoms with Gasteiger partial charge in [-0.05, 0) is 24.3 Å². The second-order valence-electron chi connectivity index (χ2n) is 3.41. The van der Waals surface area contributed by atoms with Gasteiger partial charge < -0.3 is 0 Å². The Hall–Kier alpha value is -1.29. The molecule has 60 valence electrons. The van der Waals surface area contributed by atoms with E-state index in [-0.39, 0.29) is 0 Å². The van der Waals surface area contributed by atoms with Crippen LogP contribution in [0.4, 0.5) is 0 Å². The second kappa shape index (κ2) is 2.98. The number of rotatable bonds is 1. The Bertz CT molecular complexity index is 291. The highest BCUT2D eigenvalue weighted by Crippen LogP contribution is 2.40. The molecule has 0 saturated heterocycles. The summed E-state index contributed by atoms with van der Waals surface area (Å²) < 4.78 is 0. The van der Waals surface area contributed by atoms with Gasteiger partial charge in [0.05, 0.1) is 6.07 Å². The number of nitrogens with zero attached hydrogens (tertiary/aromatic N) is 1. The Morgan fingerprint density at radius 2 is 1.83 bits per heavy atom. The van der Waals surface area contributed by atoms with Crippen LogP contribution in [0.3, 0.4) is 0 Å². The molecule has 12 heavy (non-hydrogen) atoms. The zero-order valence-electron chi connectivity index (χ0n) is 6.90. The minimum absolute atomic E-state index is 0.315. The van der Waals surface area contributed by atoms with Gasteiger partial charge in [0.2, 0.25) is 0 Å². The fourth-order valence-electron chi connectivity index (χ4n) is 1.72. The first-order valence-corrected chi connectivity index (χ1v) is 4.34. The van der Waals surface area contributed by atoms with E-state index in [1.807, 2.05) is 6.07 Å². The van der Waals surface area contributed by atoms with E-state index in [4.69, 9.17) is 5.26 Å².